The molecule has 0 bridgehead atoms. The second kappa shape index (κ2) is 9.91. The molecule has 0 amide bonds. The van der Waals surface area contributed by atoms with Crippen molar-refractivity contribution in [3.8, 4) is 0 Å². The van der Waals surface area contributed by atoms with Gasteiger partial charge in [0.05, 0.1) is 0 Å². The van der Waals surface area contributed by atoms with Crippen LogP contribution >= 0.6 is 42.3 Å². The van der Waals surface area contributed by atoms with Crippen LogP contribution < -0.4 is 0 Å². The van der Waals surface area contributed by atoms with E-state index >= 15 is 0 Å². The second-order valence-electron chi connectivity index (χ2n) is 6.67. The van der Waals surface area contributed by atoms with Crippen LogP contribution in [-0.2, 0) is 9.47 Å². The Balaban J connectivity index is 2.55. The molecule has 0 atom stereocenters. The summed E-state index contributed by atoms with van der Waals surface area (Å²) in [6.07, 6.45) is 2.39. The van der Waals surface area contributed by atoms with Gasteiger partial charge in [-0.1, -0.05) is 0 Å². The van der Waals surface area contributed by atoms with Crippen LogP contribution in [-0.4, -0.2) is 46.4 Å². The summed E-state index contributed by atoms with van der Waals surface area (Å²) in [5.74, 6) is -1.03. The third-order valence-electron chi connectivity index (χ3n) is 3.56. The molecule has 0 saturated carbocycles. The molecular formula is C18H20Cl2N2O4S2Sn. The molecule has 0 saturated heterocycles. The molecule has 2 aromatic heterocycles. The Morgan fingerprint density at radius 3 is 1.48 bits per heavy atom. The standard InChI is InChI=1S/2C9H11NO2S.2ClH.Sn/c2*1-6(2)12-9(11)7-3-4-8(13)10-5-7;;;/h2*3-6H,1-2H3,(H,10,11,13);2*1H;/q;;;;+4/p-4. The Bertz CT molecular complexity index is 969. The Morgan fingerprint density at radius 2 is 1.17 bits per heavy atom. The molecule has 6 nitrogen and oxygen atoms in total. The number of aromatic nitrogens is 2. The fraction of sp³-hybridized carbons (Fsp3) is 0.333. The third-order valence-corrected chi connectivity index (χ3v) is 15.5. The molecule has 11 heteroatoms. The van der Waals surface area contributed by atoms with Crippen LogP contribution in [0.1, 0.15) is 48.4 Å². The monoisotopic (exact) mass is 582 g/mol. The van der Waals surface area contributed by atoms with Crippen LogP contribution in [0, 0.1) is 9.28 Å². The molecule has 0 spiro atoms. The van der Waals surface area contributed by atoms with Crippen molar-refractivity contribution in [2.75, 3.05) is 0 Å². The topological polar surface area (TPSA) is 62.5 Å². The van der Waals surface area contributed by atoms with Gasteiger partial charge >= 0.3 is 192 Å². The van der Waals surface area contributed by atoms with Crippen molar-refractivity contribution >= 4 is 70.9 Å². The third kappa shape index (κ3) is 6.04. The number of halogens is 2. The van der Waals surface area contributed by atoms with Crippen molar-refractivity contribution < 1.29 is 19.1 Å². The average molecular weight is 582 g/mol. The first kappa shape index (κ1) is 24.3. The average Bonchev–Trinajstić information content (AvgIpc) is 2.60. The number of carbonyl (C=O) groups excluding carboxylic acids is 2. The van der Waals surface area contributed by atoms with Crippen LogP contribution in [0.2, 0.25) is 0 Å². The molecule has 156 valence electrons. The van der Waals surface area contributed by atoms with E-state index in [2.05, 4.69) is 0 Å². The minimum atomic E-state index is -4.53. The van der Waals surface area contributed by atoms with Gasteiger partial charge in [0.15, 0.2) is 0 Å². The van der Waals surface area contributed by atoms with Crippen LogP contribution in [0.15, 0.2) is 36.7 Å². The quantitative estimate of drug-likeness (QED) is 0.266. The summed E-state index contributed by atoms with van der Waals surface area (Å²) >= 11 is 6.22. The fourth-order valence-electron chi connectivity index (χ4n) is 2.32. The van der Waals surface area contributed by atoms with E-state index in [1.54, 1.807) is 52.0 Å². The second-order valence-corrected chi connectivity index (χ2v) is 21.5. The zero-order chi connectivity index (χ0) is 21.9. The van der Waals surface area contributed by atoms with Gasteiger partial charge in [-0.15, -0.1) is 0 Å². The molecule has 2 rings (SSSR count). The molecule has 29 heavy (non-hydrogen) atoms. The molecule has 0 unspecified atom stereocenters. The van der Waals surface area contributed by atoms with Crippen molar-refractivity contribution in [2.45, 2.75) is 39.9 Å². The first-order valence-corrected chi connectivity index (χ1v) is 19.3. The molecule has 0 aliphatic rings. The summed E-state index contributed by atoms with van der Waals surface area (Å²) in [7, 11) is 13.7. The fourth-order valence-corrected chi connectivity index (χ4v) is 13.7. The molecule has 0 fully saturated rings. The maximum atomic E-state index is 12.3. The Kier molecular flexibility index (Phi) is 8.31. The summed E-state index contributed by atoms with van der Waals surface area (Å²) in [5.41, 5.74) is 0.521. The van der Waals surface area contributed by atoms with Crippen LogP contribution in [0.25, 0.3) is 0 Å². The van der Waals surface area contributed by atoms with E-state index in [9.17, 15) is 9.59 Å². The predicted octanol–water partition coefficient (Wildman–Crippen LogP) is 5.19. The van der Waals surface area contributed by atoms with E-state index in [0.29, 0.717) is 9.28 Å². The molecule has 2 aromatic rings. The van der Waals surface area contributed by atoms with Gasteiger partial charge in [0.1, 0.15) is 0 Å². The molecule has 2 heterocycles. The van der Waals surface area contributed by atoms with Gasteiger partial charge in [0.25, 0.3) is 0 Å². The van der Waals surface area contributed by atoms with Crippen molar-refractivity contribution in [1.29, 1.82) is 0 Å². The zero-order valence-electron chi connectivity index (χ0n) is 16.2. The van der Waals surface area contributed by atoms with E-state index in [0.717, 1.165) is 0 Å². The van der Waals surface area contributed by atoms with E-state index in [4.69, 9.17) is 51.8 Å². The van der Waals surface area contributed by atoms with Crippen molar-refractivity contribution in [3.05, 3.63) is 57.1 Å². The molecule has 0 aliphatic heterocycles. The zero-order valence-corrected chi connectivity index (χ0v) is 22.2. The summed E-state index contributed by atoms with van der Waals surface area (Å²) in [4.78, 5) is 24.5. The van der Waals surface area contributed by atoms with E-state index in [-0.39, 0.29) is 23.3 Å². The molecule has 0 aliphatic carbocycles. The number of ether oxygens (including phenoxy) is 2. The molecule has 0 radical (unpaired) electrons. The van der Waals surface area contributed by atoms with Gasteiger partial charge in [-0.05, 0) is 0 Å². The number of hydrogen-bond acceptors (Lipinski definition) is 6. The number of rotatable bonds is 6. The predicted molar refractivity (Wildman–Crippen MR) is 120 cm³/mol. The SMILES string of the molecule is CC(C)OC(=O)c1ccc(=S)[n]([Sn]([Cl])([Cl])[n]2cc(C(=O)OC(C)C)ccc2=S)c1. The van der Waals surface area contributed by atoms with Crippen LogP contribution in [0.5, 0.6) is 0 Å². The van der Waals surface area contributed by atoms with Crippen molar-refractivity contribution in [3.63, 3.8) is 0 Å². The number of carbonyl (C=O) groups is 2. The van der Waals surface area contributed by atoms with Gasteiger partial charge in [-0.25, -0.2) is 0 Å². The molecular weight excluding hydrogens is 562 g/mol. The van der Waals surface area contributed by atoms with Gasteiger partial charge in [0.2, 0.25) is 0 Å². The molecule has 0 N–H and O–H groups in total. The number of pyridine rings is 2. The first-order valence-electron chi connectivity index (χ1n) is 8.69. The normalized spacial score (nSPS) is 11.6. The number of nitrogens with zero attached hydrogens (tertiary/aromatic N) is 2. The summed E-state index contributed by atoms with van der Waals surface area (Å²) < 4.78 is 14.1. The Labute approximate surface area is 191 Å². The van der Waals surface area contributed by atoms with E-state index in [1.807, 2.05) is 0 Å². The van der Waals surface area contributed by atoms with Gasteiger partial charge < -0.3 is 0 Å². The number of hydrogen-bond donors (Lipinski definition) is 0. The Hall–Kier alpha value is -0.941. The number of esters is 2. The summed E-state index contributed by atoms with van der Waals surface area (Å²) in [6, 6.07) is 6.22. The van der Waals surface area contributed by atoms with Gasteiger partial charge in [-0.2, -0.15) is 0 Å². The van der Waals surface area contributed by atoms with Gasteiger partial charge in [-0.3, -0.25) is 0 Å². The van der Waals surface area contributed by atoms with E-state index < -0.39 is 28.6 Å². The van der Waals surface area contributed by atoms with Crippen LogP contribution in [0.3, 0.4) is 0 Å². The Morgan fingerprint density at radius 1 is 0.828 bits per heavy atom. The van der Waals surface area contributed by atoms with Crippen molar-refractivity contribution in [1.82, 2.24) is 5.58 Å². The summed E-state index contributed by atoms with van der Waals surface area (Å²) in [6.45, 7) is 7.00. The minimum absolute atomic E-state index is 0.261. The van der Waals surface area contributed by atoms with Crippen LogP contribution in [0.4, 0.5) is 0 Å². The van der Waals surface area contributed by atoms with Gasteiger partial charge in [0, 0.05) is 0 Å². The maximum absolute atomic E-state index is 12.3. The first-order chi connectivity index (χ1) is 13.4. The summed E-state index contributed by atoms with van der Waals surface area (Å²) in [5, 5.41) is 0. The van der Waals surface area contributed by atoms with E-state index in [1.165, 1.54) is 18.0 Å². The van der Waals surface area contributed by atoms with Crippen molar-refractivity contribution in [2.24, 2.45) is 0 Å². The molecule has 0 aromatic carbocycles.